The van der Waals surface area contributed by atoms with E-state index >= 15 is 0 Å². The number of rotatable bonds is 5. The highest BCUT2D eigenvalue weighted by Crippen LogP contribution is 2.20. The lowest BCUT2D eigenvalue weighted by molar-refractivity contribution is -0.122. The van der Waals surface area contributed by atoms with Crippen molar-refractivity contribution in [1.82, 2.24) is 10.9 Å². The van der Waals surface area contributed by atoms with Crippen LogP contribution in [0.15, 0.2) is 48.5 Å². The number of hydrazine groups is 1. The third kappa shape index (κ3) is 4.85. The molecule has 0 unspecified atom stereocenters. The van der Waals surface area contributed by atoms with E-state index < -0.39 is 0 Å². The molecule has 0 aromatic heterocycles. The summed E-state index contributed by atoms with van der Waals surface area (Å²) in [6.07, 6.45) is 0.155. The molecule has 0 saturated carbocycles. The van der Waals surface area contributed by atoms with Gasteiger partial charge in [0.2, 0.25) is 5.91 Å². The monoisotopic (exact) mass is 312 g/mol. The molecule has 5 heteroatoms. The molecule has 5 nitrogen and oxygen atoms in total. The van der Waals surface area contributed by atoms with E-state index in [-0.39, 0.29) is 24.8 Å². The molecule has 0 spiro atoms. The molecule has 0 bridgehead atoms. The Hall–Kier alpha value is -2.82. The number of nitrogens with one attached hydrogen (secondary N) is 2. The fourth-order valence-corrected chi connectivity index (χ4v) is 1.98. The van der Waals surface area contributed by atoms with Gasteiger partial charge in [-0.15, -0.1) is 0 Å². The Bertz CT molecular complexity index is 684. The molecular weight excluding hydrogens is 292 g/mol. The van der Waals surface area contributed by atoms with Crippen molar-refractivity contribution in [3.63, 3.8) is 0 Å². The average molecular weight is 312 g/mol. The van der Waals surface area contributed by atoms with E-state index in [9.17, 15) is 9.59 Å². The molecule has 0 atom stereocenters. The van der Waals surface area contributed by atoms with Crippen LogP contribution < -0.4 is 15.6 Å². The van der Waals surface area contributed by atoms with Gasteiger partial charge in [0.25, 0.3) is 5.91 Å². The summed E-state index contributed by atoms with van der Waals surface area (Å²) in [5.74, 6) is 0.111. The number of carbonyl (C=O) groups is 2. The van der Waals surface area contributed by atoms with Crippen molar-refractivity contribution in [2.75, 3.05) is 6.61 Å². The molecule has 0 aliphatic rings. The van der Waals surface area contributed by atoms with E-state index in [0.29, 0.717) is 5.56 Å². The molecule has 0 aliphatic carbocycles. The van der Waals surface area contributed by atoms with Crippen LogP contribution in [0.4, 0.5) is 0 Å². The van der Waals surface area contributed by atoms with Crippen LogP contribution in [0.5, 0.6) is 5.75 Å². The molecular formula is C18H20N2O3. The smallest absolute Gasteiger partial charge is 0.269 e. The maximum Gasteiger partial charge on any atom is 0.269 e. The first kappa shape index (κ1) is 16.5. The van der Waals surface area contributed by atoms with Crippen LogP contribution in [0.1, 0.15) is 27.9 Å². The van der Waals surface area contributed by atoms with Crippen molar-refractivity contribution in [2.45, 2.75) is 20.3 Å². The van der Waals surface area contributed by atoms with Gasteiger partial charge in [-0.3, -0.25) is 20.4 Å². The van der Waals surface area contributed by atoms with Crippen LogP contribution in [0.3, 0.4) is 0 Å². The molecule has 2 aromatic rings. The van der Waals surface area contributed by atoms with Crippen LogP contribution in [-0.2, 0) is 4.79 Å². The molecule has 0 heterocycles. The summed E-state index contributed by atoms with van der Waals surface area (Å²) in [6.45, 7) is 4.23. The van der Waals surface area contributed by atoms with Crippen molar-refractivity contribution < 1.29 is 14.3 Å². The zero-order valence-electron chi connectivity index (χ0n) is 13.3. The Kier molecular flexibility index (Phi) is 5.74. The van der Waals surface area contributed by atoms with Gasteiger partial charge in [0.05, 0.1) is 13.0 Å². The number of carbonyl (C=O) groups excluding carboxylic acids is 2. The highest BCUT2D eigenvalue weighted by Gasteiger charge is 2.07. The molecule has 2 amide bonds. The van der Waals surface area contributed by atoms with Crippen molar-refractivity contribution in [3.05, 3.63) is 65.2 Å². The van der Waals surface area contributed by atoms with Crippen LogP contribution in [0.25, 0.3) is 0 Å². The zero-order valence-corrected chi connectivity index (χ0v) is 13.3. The minimum atomic E-state index is -0.352. The van der Waals surface area contributed by atoms with E-state index in [1.807, 2.05) is 38.1 Å². The Morgan fingerprint density at radius 1 is 0.957 bits per heavy atom. The summed E-state index contributed by atoms with van der Waals surface area (Å²) in [7, 11) is 0. The normalized spacial score (nSPS) is 10.0. The second-order valence-electron chi connectivity index (χ2n) is 5.16. The fourth-order valence-electron chi connectivity index (χ4n) is 1.98. The second kappa shape index (κ2) is 7.98. The quantitative estimate of drug-likeness (QED) is 0.834. The van der Waals surface area contributed by atoms with Crippen LogP contribution in [-0.4, -0.2) is 18.4 Å². The van der Waals surface area contributed by atoms with Crippen molar-refractivity contribution in [3.8, 4) is 5.75 Å². The van der Waals surface area contributed by atoms with Gasteiger partial charge in [-0.1, -0.05) is 30.3 Å². The third-order valence-corrected chi connectivity index (χ3v) is 3.49. The maximum atomic E-state index is 11.8. The van der Waals surface area contributed by atoms with E-state index in [4.69, 9.17) is 4.74 Å². The molecule has 2 rings (SSSR count). The number of ether oxygens (including phenoxy) is 1. The number of hydrogen-bond acceptors (Lipinski definition) is 3. The van der Waals surface area contributed by atoms with E-state index in [2.05, 4.69) is 10.9 Å². The molecule has 0 radical (unpaired) electrons. The van der Waals surface area contributed by atoms with E-state index in [1.165, 1.54) is 0 Å². The Balaban J connectivity index is 1.73. The topological polar surface area (TPSA) is 67.4 Å². The first-order chi connectivity index (χ1) is 11.1. The summed E-state index contributed by atoms with van der Waals surface area (Å²) in [4.78, 5) is 23.5. The molecule has 0 aliphatic heterocycles. The summed E-state index contributed by atoms with van der Waals surface area (Å²) in [5.41, 5.74) is 7.44. The minimum Gasteiger partial charge on any atom is -0.493 e. The van der Waals surface area contributed by atoms with Crippen LogP contribution >= 0.6 is 0 Å². The number of aryl methyl sites for hydroxylation is 1. The predicted octanol–water partition coefficient (Wildman–Crippen LogP) is 2.53. The van der Waals surface area contributed by atoms with Crippen molar-refractivity contribution in [2.24, 2.45) is 0 Å². The minimum absolute atomic E-state index is 0.155. The van der Waals surface area contributed by atoms with Gasteiger partial charge in [-0.25, -0.2) is 0 Å². The summed E-state index contributed by atoms with van der Waals surface area (Å²) in [5, 5.41) is 0. The van der Waals surface area contributed by atoms with E-state index in [0.717, 1.165) is 16.9 Å². The Morgan fingerprint density at radius 2 is 1.70 bits per heavy atom. The zero-order chi connectivity index (χ0) is 16.7. The van der Waals surface area contributed by atoms with Gasteiger partial charge >= 0.3 is 0 Å². The predicted molar refractivity (Wildman–Crippen MR) is 88.1 cm³/mol. The van der Waals surface area contributed by atoms with Crippen LogP contribution in [0.2, 0.25) is 0 Å². The standard InChI is InChI=1S/C18H20N2O3/c1-13-7-6-10-16(14(13)2)23-12-11-17(21)19-20-18(22)15-8-4-3-5-9-15/h3-10H,11-12H2,1-2H3,(H,19,21)(H,20,22). The number of benzene rings is 2. The fraction of sp³-hybridized carbons (Fsp3) is 0.222. The lowest BCUT2D eigenvalue weighted by Gasteiger charge is -2.11. The van der Waals surface area contributed by atoms with Crippen LogP contribution in [0, 0.1) is 13.8 Å². The summed E-state index contributed by atoms with van der Waals surface area (Å²) in [6, 6.07) is 14.5. The molecule has 23 heavy (non-hydrogen) atoms. The summed E-state index contributed by atoms with van der Waals surface area (Å²) >= 11 is 0. The molecule has 0 fully saturated rings. The van der Waals surface area contributed by atoms with Crippen molar-refractivity contribution in [1.29, 1.82) is 0 Å². The van der Waals surface area contributed by atoms with Gasteiger partial charge in [-0.2, -0.15) is 0 Å². The Labute approximate surface area is 135 Å². The SMILES string of the molecule is Cc1cccc(OCCC(=O)NNC(=O)c2ccccc2)c1C. The maximum absolute atomic E-state index is 11.8. The first-order valence-electron chi connectivity index (χ1n) is 7.41. The number of amides is 2. The lowest BCUT2D eigenvalue weighted by atomic mass is 10.1. The van der Waals surface area contributed by atoms with Crippen molar-refractivity contribution >= 4 is 11.8 Å². The van der Waals surface area contributed by atoms with Gasteiger partial charge in [-0.05, 0) is 43.2 Å². The molecule has 2 N–H and O–H groups in total. The summed E-state index contributed by atoms with van der Waals surface area (Å²) < 4.78 is 5.61. The molecule has 0 saturated heterocycles. The second-order valence-corrected chi connectivity index (χ2v) is 5.16. The molecule has 2 aromatic carbocycles. The third-order valence-electron chi connectivity index (χ3n) is 3.49. The van der Waals surface area contributed by atoms with Gasteiger partial charge in [0.1, 0.15) is 5.75 Å². The number of hydrogen-bond donors (Lipinski definition) is 2. The van der Waals surface area contributed by atoms with Gasteiger partial charge < -0.3 is 4.74 Å². The van der Waals surface area contributed by atoms with E-state index in [1.54, 1.807) is 24.3 Å². The van der Waals surface area contributed by atoms with Gasteiger partial charge in [0.15, 0.2) is 0 Å². The lowest BCUT2D eigenvalue weighted by Crippen LogP contribution is -2.42. The average Bonchev–Trinajstić information content (AvgIpc) is 2.57. The first-order valence-corrected chi connectivity index (χ1v) is 7.41. The highest BCUT2D eigenvalue weighted by molar-refractivity contribution is 5.95. The Morgan fingerprint density at radius 3 is 2.43 bits per heavy atom. The molecule has 120 valence electrons. The largest absolute Gasteiger partial charge is 0.493 e. The van der Waals surface area contributed by atoms with Gasteiger partial charge in [0, 0.05) is 5.56 Å². The highest BCUT2D eigenvalue weighted by atomic mass is 16.5.